The number of nitrogens with zero attached hydrogens (tertiary/aromatic N) is 5. The van der Waals surface area contributed by atoms with Crippen molar-refractivity contribution < 1.29 is 4.92 Å². The van der Waals surface area contributed by atoms with Gasteiger partial charge in [-0.2, -0.15) is 17.5 Å². The average molecular weight is 254 g/mol. The second-order valence-corrected chi connectivity index (χ2v) is 4.00. The first-order valence-electron chi connectivity index (χ1n) is 4.00. The van der Waals surface area contributed by atoms with Crippen LogP contribution in [0.3, 0.4) is 0 Å². The lowest BCUT2D eigenvalue weighted by Gasteiger charge is -1.97. The van der Waals surface area contributed by atoms with Crippen LogP contribution in [0.2, 0.25) is 0 Å². The Balaban J connectivity index is 2.66. The fraction of sp³-hybridized carbons (Fsp3) is 0. The van der Waals surface area contributed by atoms with E-state index in [-0.39, 0.29) is 16.9 Å². The zero-order valence-electron chi connectivity index (χ0n) is 7.45. The van der Waals surface area contributed by atoms with Crippen LogP contribution < -0.4 is 5.73 Å². The molecule has 10 heteroatoms. The summed E-state index contributed by atoms with van der Waals surface area (Å²) < 4.78 is 15.8. The fourth-order valence-corrected chi connectivity index (χ4v) is 2.56. The molecule has 0 aliphatic carbocycles. The number of hydrogen-bond acceptors (Lipinski definition) is 9. The standard InChI is InChI=1S/C6H2N6O2S2/c7-1-2-3(9-15-8-2)4-5(11-16-10-4)6(1)12(13)14/h7H2. The largest absolute Gasteiger partial charge is 0.391 e. The minimum absolute atomic E-state index is 0.00560. The van der Waals surface area contributed by atoms with Gasteiger partial charge in [-0.3, -0.25) is 10.1 Å². The minimum atomic E-state index is -0.572. The van der Waals surface area contributed by atoms with Crippen molar-refractivity contribution in [2.75, 3.05) is 5.73 Å². The molecule has 0 aliphatic rings. The summed E-state index contributed by atoms with van der Waals surface area (Å²) in [6, 6.07) is 0. The maximum Gasteiger partial charge on any atom is 0.323 e. The molecule has 2 N–H and O–H groups in total. The highest BCUT2D eigenvalue weighted by Crippen LogP contribution is 2.37. The van der Waals surface area contributed by atoms with Crippen LogP contribution in [0.15, 0.2) is 0 Å². The number of aromatic nitrogens is 4. The molecule has 3 rings (SSSR count). The Labute approximate surface area is 95.5 Å². The van der Waals surface area contributed by atoms with Crippen LogP contribution in [0, 0.1) is 10.1 Å². The number of benzene rings is 1. The lowest BCUT2D eigenvalue weighted by molar-refractivity contribution is -0.382. The molecule has 0 amide bonds. The van der Waals surface area contributed by atoms with Gasteiger partial charge >= 0.3 is 5.69 Å². The lowest BCUT2D eigenvalue weighted by Crippen LogP contribution is -1.98. The van der Waals surface area contributed by atoms with E-state index in [1.54, 1.807) is 0 Å². The number of fused-ring (bicyclic) bond motifs is 3. The van der Waals surface area contributed by atoms with Crippen LogP contribution in [0.5, 0.6) is 0 Å². The smallest absolute Gasteiger partial charge is 0.323 e. The molecule has 0 unspecified atom stereocenters. The predicted octanol–water partition coefficient (Wildman–Crippen LogP) is 1.19. The molecule has 16 heavy (non-hydrogen) atoms. The first kappa shape index (κ1) is 9.30. The van der Waals surface area contributed by atoms with E-state index >= 15 is 0 Å². The van der Waals surface area contributed by atoms with Crippen molar-refractivity contribution in [2.45, 2.75) is 0 Å². The fourth-order valence-electron chi connectivity index (χ4n) is 1.44. The summed E-state index contributed by atoms with van der Waals surface area (Å²) in [5.41, 5.74) is 6.78. The topological polar surface area (TPSA) is 121 Å². The molecule has 0 saturated carbocycles. The van der Waals surface area contributed by atoms with Gasteiger partial charge in [-0.15, -0.1) is 0 Å². The number of nitrogen functional groups attached to an aromatic ring is 1. The monoisotopic (exact) mass is 254 g/mol. The Morgan fingerprint density at radius 3 is 2.12 bits per heavy atom. The maximum absolute atomic E-state index is 10.9. The van der Waals surface area contributed by atoms with E-state index in [0.717, 1.165) is 23.5 Å². The summed E-state index contributed by atoms with van der Waals surface area (Å²) in [7, 11) is 0. The molecule has 0 fully saturated rings. The van der Waals surface area contributed by atoms with Crippen LogP contribution in [0.1, 0.15) is 0 Å². The van der Waals surface area contributed by atoms with E-state index in [2.05, 4.69) is 17.5 Å². The Morgan fingerprint density at radius 1 is 1.00 bits per heavy atom. The summed E-state index contributed by atoms with van der Waals surface area (Å²) in [6.45, 7) is 0. The molecule has 8 nitrogen and oxygen atoms in total. The zero-order chi connectivity index (χ0) is 11.3. The molecule has 3 aromatic rings. The summed E-state index contributed by atoms with van der Waals surface area (Å²) in [5, 5.41) is 10.9. The summed E-state index contributed by atoms with van der Waals surface area (Å²) in [4.78, 5) is 10.3. The van der Waals surface area contributed by atoms with Gasteiger partial charge in [-0.1, -0.05) is 0 Å². The Hall–Kier alpha value is -1.94. The molecule has 80 valence electrons. The maximum atomic E-state index is 10.9. The highest BCUT2D eigenvalue weighted by molar-refractivity contribution is 7.01. The number of nitro benzene ring substituents is 1. The van der Waals surface area contributed by atoms with E-state index in [9.17, 15) is 10.1 Å². The number of anilines is 1. The number of hydrogen-bond donors (Lipinski definition) is 1. The SMILES string of the molecule is Nc1c([N+](=O)[O-])c2nsnc2c2nsnc12. The molecule has 0 bridgehead atoms. The summed E-state index contributed by atoms with van der Waals surface area (Å²) in [6.07, 6.45) is 0. The Kier molecular flexibility index (Phi) is 1.76. The summed E-state index contributed by atoms with van der Waals surface area (Å²) in [5.74, 6) is 0. The Morgan fingerprint density at radius 2 is 1.50 bits per heavy atom. The number of rotatable bonds is 1. The molecule has 2 heterocycles. The third kappa shape index (κ3) is 1.02. The van der Waals surface area contributed by atoms with Gasteiger partial charge in [0.1, 0.15) is 22.2 Å². The lowest BCUT2D eigenvalue weighted by atomic mass is 10.2. The van der Waals surface area contributed by atoms with E-state index in [1.165, 1.54) is 0 Å². The molecule has 1 aromatic carbocycles. The third-order valence-electron chi connectivity index (χ3n) is 2.12. The van der Waals surface area contributed by atoms with Crippen molar-refractivity contribution in [3.05, 3.63) is 10.1 Å². The molecule has 0 atom stereocenters. The van der Waals surface area contributed by atoms with Crippen molar-refractivity contribution in [3.8, 4) is 0 Å². The zero-order valence-corrected chi connectivity index (χ0v) is 9.08. The number of nitrogens with two attached hydrogens (primary N) is 1. The van der Waals surface area contributed by atoms with Crippen molar-refractivity contribution >= 4 is 56.9 Å². The molecule has 0 aliphatic heterocycles. The third-order valence-corrected chi connectivity index (χ3v) is 3.18. The molecular weight excluding hydrogens is 252 g/mol. The minimum Gasteiger partial charge on any atom is -0.391 e. The van der Waals surface area contributed by atoms with Crippen LogP contribution in [0.25, 0.3) is 22.1 Å². The molecule has 0 spiro atoms. The van der Waals surface area contributed by atoms with Crippen LogP contribution in [-0.4, -0.2) is 22.4 Å². The van der Waals surface area contributed by atoms with Crippen molar-refractivity contribution in [3.63, 3.8) is 0 Å². The highest BCUT2D eigenvalue weighted by atomic mass is 32.1. The normalized spacial score (nSPS) is 11.2. The highest BCUT2D eigenvalue weighted by Gasteiger charge is 2.26. The molecule has 0 radical (unpaired) electrons. The first-order chi connectivity index (χ1) is 7.70. The molecule has 2 aromatic heterocycles. The van der Waals surface area contributed by atoms with Gasteiger partial charge in [0.15, 0.2) is 5.52 Å². The van der Waals surface area contributed by atoms with Gasteiger partial charge in [-0.25, -0.2) is 0 Å². The van der Waals surface area contributed by atoms with Gasteiger partial charge < -0.3 is 5.73 Å². The van der Waals surface area contributed by atoms with Gasteiger partial charge in [0.2, 0.25) is 0 Å². The van der Waals surface area contributed by atoms with Crippen LogP contribution >= 0.6 is 23.5 Å². The van der Waals surface area contributed by atoms with Gasteiger partial charge in [-0.05, 0) is 0 Å². The van der Waals surface area contributed by atoms with Crippen LogP contribution in [0.4, 0.5) is 11.4 Å². The van der Waals surface area contributed by atoms with E-state index in [4.69, 9.17) is 5.73 Å². The molecular formula is C6H2N6O2S2. The van der Waals surface area contributed by atoms with Crippen LogP contribution in [-0.2, 0) is 0 Å². The molecule has 0 saturated heterocycles. The summed E-state index contributed by atoms with van der Waals surface area (Å²) >= 11 is 1.83. The van der Waals surface area contributed by atoms with Gasteiger partial charge in [0.05, 0.1) is 28.4 Å². The number of nitro groups is 1. The average Bonchev–Trinajstić information content (AvgIpc) is 2.82. The Bertz CT molecular complexity index is 718. The van der Waals surface area contributed by atoms with Gasteiger partial charge in [0.25, 0.3) is 0 Å². The predicted molar refractivity (Wildman–Crippen MR) is 59.5 cm³/mol. The quantitative estimate of drug-likeness (QED) is 0.393. The van der Waals surface area contributed by atoms with E-state index in [1.807, 2.05) is 0 Å². The van der Waals surface area contributed by atoms with Crippen molar-refractivity contribution in [1.29, 1.82) is 0 Å². The van der Waals surface area contributed by atoms with E-state index in [0.29, 0.717) is 16.6 Å². The van der Waals surface area contributed by atoms with Crippen molar-refractivity contribution in [2.24, 2.45) is 0 Å². The van der Waals surface area contributed by atoms with Crippen molar-refractivity contribution in [1.82, 2.24) is 17.5 Å². The second kappa shape index (κ2) is 3.02. The first-order valence-corrected chi connectivity index (χ1v) is 5.46. The second-order valence-electron chi connectivity index (χ2n) is 2.94. The van der Waals surface area contributed by atoms with E-state index < -0.39 is 4.92 Å². The van der Waals surface area contributed by atoms with Gasteiger partial charge in [0, 0.05) is 0 Å².